The lowest BCUT2D eigenvalue weighted by Gasteiger charge is -2.26. The number of rotatable bonds is 3. The lowest BCUT2D eigenvalue weighted by atomic mass is 10.1. The van der Waals surface area contributed by atoms with Crippen LogP contribution in [0.15, 0.2) is 22.7 Å². The Morgan fingerprint density at radius 1 is 1.47 bits per heavy atom. The molecule has 2 rings (SSSR count). The zero-order valence-corrected chi connectivity index (χ0v) is 11.9. The second-order valence-corrected chi connectivity index (χ2v) is 5.32. The number of aryl methyl sites for hydroxylation is 1. The van der Waals surface area contributed by atoms with Crippen molar-refractivity contribution in [2.24, 2.45) is 0 Å². The molecule has 0 atom stereocenters. The fourth-order valence-electron chi connectivity index (χ4n) is 1.98. The summed E-state index contributed by atoms with van der Waals surface area (Å²) in [6, 6.07) is 4.79. The van der Waals surface area contributed by atoms with Gasteiger partial charge in [-0.25, -0.2) is 4.39 Å². The number of hydrogen-bond acceptors (Lipinski definition) is 2. The number of halogens is 2. The molecule has 1 fully saturated rings. The standard InChI is InChI=1S/C13H14BrFN2O2/c14-10-3-1-9(11(15)7-10)2-4-13(19)17-6-5-16-12(18)8-17/h1,3,7H,2,4-6,8H2,(H,16,18). The molecule has 0 saturated carbocycles. The van der Waals surface area contributed by atoms with Gasteiger partial charge in [0.15, 0.2) is 0 Å². The van der Waals surface area contributed by atoms with E-state index in [0.29, 0.717) is 29.5 Å². The molecule has 0 spiro atoms. The molecule has 1 aromatic carbocycles. The number of amides is 2. The van der Waals surface area contributed by atoms with Gasteiger partial charge in [-0.2, -0.15) is 0 Å². The van der Waals surface area contributed by atoms with Gasteiger partial charge in [0.25, 0.3) is 0 Å². The summed E-state index contributed by atoms with van der Waals surface area (Å²) in [6.45, 7) is 1.10. The first-order valence-electron chi connectivity index (χ1n) is 6.04. The Morgan fingerprint density at radius 3 is 2.95 bits per heavy atom. The van der Waals surface area contributed by atoms with Crippen LogP contribution in [0.25, 0.3) is 0 Å². The van der Waals surface area contributed by atoms with E-state index in [2.05, 4.69) is 21.2 Å². The summed E-state index contributed by atoms with van der Waals surface area (Å²) in [7, 11) is 0. The molecule has 102 valence electrons. The van der Waals surface area contributed by atoms with Crippen molar-refractivity contribution in [2.75, 3.05) is 19.6 Å². The minimum Gasteiger partial charge on any atom is -0.353 e. The number of carbonyl (C=O) groups is 2. The smallest absolute Gasteiger partial charge is 0.239 e. The fourth-order valence-corrected chi connectivity index (χ4v) is 2.31. The first kappa shape index (κ1) is 14.0. The third kappa shape index (κ3) is 3.76. The van der Waals surface area contributed by atoms with Crippen molar-refractivity contribution in [3.63, 3.8) is 0 Å². The molecule has 6 heteroatoms. The van der Waals surface area contributed by atoms with E-state index in [1.54, 1.807) is 12.1 Å². The van der Waals surface area contributed by atoms with Crippen LogP contribution in [-0.2, 0) is 16.0 Å². The van der Waals surface area contributed by atoms with Gasteiger partial charge in [0.2, 0.25) is 11.8 Å². The zero-order chi connectivity index (χ0) is 13.8. The molecule has 1 heterocycles. The maximum Gasteiger partial charge on any atom is 0.239 e. The Kier molecular flexibility index (Phi) is 4.52. The van der Waals surface area contributed by atoms with E-state index in [0.717, 1.165) is 0 Å². The van der Waals surface area contributed by atoms with Crippen LogP contribution in [0.2, 0.25) is 0 Å². The molecule has 0 unspecified atom stereocenters. The van der Waals surface area contributed by atoms with Crippen molar-refractivity contribution in [1.82, 2.24) is 10.2 Å². The van der Waals surface area contributed by atoms with E-state index in [4.69, 9.17) is 0 Å². The lowest BCUT2D eigenvalue weighted by Crippen LogP contribution is -2.50. The average molecular weight is 329 g/mol. The lowest BCUT2D eigenvalue weighted by molar-refractivity contribution is -0.138. The second kappa shape index (κ2) is 6.14. The first-order valence-corrected chi connectivity index (χ1v) is 6.84. The Bertz CT molecular complexity index is 507. The molecule has 1 N–H and O–H groups in total. The highest BCUT2D eigenvalue weighted by molar-refractivity contribution is 9.10. The molecule has 0 aliphatic carbocycles. The Hall–Kier alpha value is -1.43. The summed E-state index contributed by atoms with van der Waals surface area (Å²) in [4.78, 5) is 24.6. The maximum atomic E-state index is 13.6. The Labute approximate surface area is 119 Å². The first-order chi connectivity index (χ1) is 9.06. The normalized spacial score (nSPS) is 15.3. The van der Waals surface area contributed by atoms with Gasteiger partial charge >= 0.3 is 0 Å². The molecule has 4 nitrogen and oxygen atoms in total. The number of carbonyl (C=O) groups excluding carboxylic acids is 2. The van der Waals surface area contributed by atoms with Crippen LogP contribution in [0, 0.1) is 5.82 Å². The van der Waals surface area contributed by atoms with Crippen molar-refractivity contribution in [1.29, 1.82) is 0 Å². The predicted octanol–water partition coefficient (Wildman–Crippen LogP) is 1.48. The molecule has 1 saturated heterocycles. The second-order valence-electron chi connectivity index (χ2n) is 4.40. The average Bonchev–Trinajstić information content (AvgIpc) is 2.37. The van der Waals surface area contributed by atoms with Gasteiger partial charge in [-0.15, -0.1) is 0 Å². The van der Waals surface area contributed by atoms with E-state index >= 15 is 0 Å². The van der Waals surface area contributed by atoms with Gasteiger partial charge in [-0.3, -0.25) is 9.59 Å². The summed E-state index contributed by atoms with van der Waals surface area (Å²) in [5.74, 6) is -0.579. The molecule has 0 bridgehead atoms. The van der Waals surface area contributed by atoms with E-state index in [1.807, 2.05) is 0 Å². The highest BCUT2D eigenvalue weighted by Crippen LogP contribution is 2.17. The van der Waals surface area contributed by atoms with Gasteiger partial charge in [-0.1, -0.05) is 22.0 Å². The predicted molar refractivity (Wildman–Crippen MR) is 72.0 cm³/mol. The number of hydrogen-bond donors (Lipinski definition) is 1. The molecule has 0 aromatic heterocycles. The largest absolute Gasteiger partial charge is 0.353 e. The summed E-state index contributed by atoms with van der Waals surface area (Å²) in [5, 5.41) is 2.66. The van der Waals surface area contributed by atoms with Crippen molar-refractivity contribution in [3.8, 4) is 0 Å². The summed E-state index contributed by atoms with van der Waals surface area (Å²) < 4.78 is 14.3. The Balaban J connectivity index is 1.91. The van der Waals surface area contributed by atoms with Crippen molar-refractivity contribution < 1.29 is 14.0 Å². The van der Waals surface area contributed by atoms with Gasteiger partial charge in [0.1, 0.15) is 5.82 Å². The zero-order valence-electron chi connectivity index (χ0n) is 10.3. The topological polar surface area (TPSA) is 49.4 Å². The molecule has 19 heavy (non-hydrogen) atoms. The van der Waals surface area contributed by atoms with E-state index in [-0.39, 0.29) is 30.6 Å². The van der Waals surface area contributed by atoms with Gasteiger partial charge < -0.3 is 10.2 Å². The number of benzene rings is 1. The highest BCUT2D eigenvalue weighted by Gasteiger charge is 2.20. The van der Waals surface area contributed by atoms with Crippen LogP contribution in [0.1, 0.15) is 12.0 Å². The summed E-state index contributed by atoms with van der Waals surface area (Å²) >= 11 is 3.19. The van der Waals surface area contributed by atoms with Crippen LogP contribution in [0.4, 0.5) is 4.39 Å². The minimum absolute atomic E-state index is 0.0989. The number of nitrogens with one attached hydrogen (secondary N) is 1. The highest BCUT2D eigenvalue weighted by atomic mass is 79.9. The van der Waals surface area contributed by atoms with Crippen LogP contribution >= 0.6 is 15.9 Å². The van der Waals surface area contributed by atoms with Crippen LogP contribution in [0.5, 0.6) is 0 Å². The Morgan fingerprint density at radius 2 is 2.26 bits per heavy atom. The van der Waals surface area contributed by atoms with Crippen molar-refractivity contribution >= 4 is 27.7 Å². The molecule has 1 aliphatic rings. The van der Waals surface area contributed by atoms with E-state index < -0.39 is 0 Å². The fraction of sp³-hybridized carbons (Fsp3) is 0.385. The van der Waals surface area contributed by atoms with Gasteiger partial charge in [0, 0.05) is 24.0 Å². The van der Waals surface area contributed by atoms with Crippen LogP contribution in [0.3, 0.4) is 0 Å². The summed E-state index contributed by atoms with van der Waals surface area (Å²) in [5.41, 5.74) is 0.512. The molecule has 1 aromatic rings. The number of nitrogens with zero attached hydrogens (tertiary/aromatic N) is 1. The molecule has 2 amide bonds. The molecule has 0 radical (unpaired) electrons. The van der Waals surface area contributed by atoms with Gasteiger partial charge in [0.05, 0.1) is 6.54 Å². The quantitative estimate of drug-likeness (QED) is 0.913. The maximum absolute atomic E-state index is 13.6. The van der Waals surface area contributed by atoms with Gasteiger partial charge in [-0.05, 0) is 24.1 Å². The third-order valence-corrected chi connectivity index (χ3v) is 3.51. The SMILES string of the molecule is O=C1CN(C(=O)CCc2ccc(Br)cc2F)CCN1. The number of piperazine rings is 1. The van der Waals surface area contributed by atoms with Crippen molar-refractivity contribution in [2.45, 2.75) is 12.8 Å². The minimum atomic E-state index is -0.321. The molecular weight excluding hydrogens is 315 g/mol. The monoisotopic (exact) mass is 328 g/mol. The summed E-state index contributed by atoms with van der Waals surface area (Å²) in [6.07, 6.45) is 0.557. The van der Waals surface area contributed by atoms with Crippen molar-refractivity contribution in [3.05, 3.63) is 34.1 Å². The molecule has 1 aliphatic heterocycles. The van der Waals surface area contributed by atoms with Crippen LogP contribution in [-0.4, -0.2) is 36.3 Å². The molecular formula is C13H14BrFN2O2. The van der Waals surface area contributed by atoms with Crippen LogP contribution < -0.4 is 5.32 Å². The third-order valence-electron chi connectivity index (χ3n) is 3.01. The van der Waals surface area contributed by atoms with E-state index in [9.17, 15) is 14.0 Å². The van der Waals surface area contributed by atoms with E-state index in [1.165, 1.54) is 11.0 Å².